The van der Waals surface area contributed by atoms with E-state index in [1.807, 2.05) is 36.4 Å². The van der Waals surface area contributed by atoms with E-state index in [4.69, 9.17) is 0 Å². The molecule has 82 valence electrons. The van der Waals surface area contributed by atoms with Crippen molar-refractivity contribution >= 4 is 12.0 Å². The van der Waals surface area contributed by atoms with Crippen molar-refractivity contribution in [2.75, 3.05) is 0 Å². The van der Waals surface area contributed by atoms with Crippen molar-refractivity contribution < 1.29 is 4.79 Å². The maximum absolute atomic E-state index is 11.2. The Morgan fingerprint density at radius 3 is 2.71 bits per heavy atom. The Morgan fingerprint density at radius 1 is 1.06 bits per heavy atom. The number of nitrogens with zero attached hydrogens (tertiary/aromatic N) is 1. The van der Waals surface area contributed by atoms with Crippen LogP contribution in [0.15, 0.2) is 53.5 Å². The van der Waals surface area contributed by atoms with Gasteiger partial charge in [0.05, 0.1) is 11.8 Å². The van der Waals surface area contributed by atoms with Crippen LogP contribution in [0.3, 0.4) is 0 Å². The molecule has 0 saturated carbocycles. The monoisotopic (exact) mass is 221 g/mol. The Balaban J connectivity index is 2.08. The van der Waals surface area contributed by atoms with E-state index >= 15 is 0 Å². The lowest BCUT2D eigenvalue weighted by molar-refractivity contribution is -0.116. The van der Waals surface area contributed by atoms with Gasteiger partial charge in [-0.1, -0.05) is 36.4 Å². The molecule has 17 heavy (non-hydrogen) atoms. The Morgan fingerprint density at radius 2 is 1.88 bits per heavy atom. The molecule has 1 aliphatic heterocycles. The lowest BCUT2D eigenvalue weighted by atomic mass is 10.1. The van der Waals surface area contributed by atoms with Gasteiger partial charge in [-0.15, -0.1) is 0 Å². The predicted molar refractivity (Wildman–Crippen MR) is 65.9 cm³/mol. The summed E-state index contributed by atoms with van der Waals surface area (Å²) in [6.07, 6.45) is 2.54. The fraction of sp³-hybridized carbons (Fsp3) is 0.0667. The van der Waals surface area contributed by atoms with E-state index in [9.17, 15) is 4.79 Å². The topological polar surface area (TPSA) is 29.4 Å². The van der Waals surface area contributed by atoms with Gasteiger partial charge in [-0.3, -0.25) is 4.79 Å². The van der Waals surface area contributed by atoms with Crippen molar-refractivity contribution in [3.05, 3.63) is 70.2 Å². The van der Waals surface area contributed by atoms with Crippen LogP contribution in [-0.2, 0) is 11.2 Å². The lowest BCUT2D eigenvalue weighted by Crippen LogP contribution is -2.11. The summed E-state index contributed by atoms with van der Waals surface area (Å²) < 4.78 is 0. The standard InChI is InChI=1S/C15H11NO/c17-15-10-13-9-12(6-7-14(13)16-15)8-11-4-2-1-3-5-11/h1-9H,10H2. The quantitative estimate of drug-likeness (QED) is 0.712. The second-order valence-electron chi connectivity index (χ2n) is 4.13. The molecule has 1 aliphatic rings. The molecule has 2 aromatic rings. The third-order valence-electron chi connectivity index (χ3n) is 2.82. The first-order valence-electron chi connectivity index (χ1n) is 5.58. The van der Waals surface area contributed by atoms with Gasteiger partial charge in [0, 0.05) is 0 Å². The highest BCUT2D eigenvalue weighted by Crippen LogP contribution is 2.01. The summed E-state index contributed by atoms with van der Waals surface area (Å²) in [4.78, 5) is 15.1. The smallest absolute Gasteiger partial charge is 0.250 e. The molecule has 1 amide bonds. The van der Waals surface area contributed by atoms with Gasteiger partial charge >= 0.3 is 0 Å². The van der Waals surface area contributed by atoms with E-state index in [0.29, 0.717) is 6.42 Å². The molecule has 0 bridgehead atoms. The number of hydrogen-bond donors (Lipinski definition) is 0. The highest BCUT2D eigenvalue weighted by Gasteiger charge is 2.10. The predicted octanol–water partition coefficient (Wildman–Crippen LogP) is 1.22. The van der Waals surface area contributed by atoms with Gasteiger partial charge in [0.1, 0.15) is 0 Å². The maximum Gasteiger partial charge on any atom is 0.250 e. The lowest BCUT2D eigenvalue weighted by Gasteiger charge is -1.93. The summed E-state index contributed by atoms with van der Waals surface area (Å²) in [6, 6.07) is 16.1. The van der Waals surface area contributed by atoms with Crippen molar-refractivity contribution in [3.63, 3.8) is 0 Å². The molecule has 0 radical (unpaired) electrons. The first kappa shape index (κ1) is 9.97. The molecule has 0 N–H and O–H groups in total. The largest absolute Gasteiger partial charge is 0.272 e. The van der Waals surface area contributed by atoms with Crippen molar-refractivity contribution in [2.24, 2.45) is 4.99 Å². The van der Waals surface area contributed by atoms with Gasteiger partial charge in [0.15, 0.2) is 0 Å². The summed E-state index contributed by atoms with van der Waals surface area (Å²) in [5.41, 5.74) is 2.19. The van der Waals surface area contributed by atoms with Crippen LogP contribution in [0.25, 0.3) is 6.08 Å². The highest BCUT2D eigenvalue weighted by atomic mass is 16.1. The average molecular weight is 221 g/mol. The van der Waals surface area contributed by atoms with Gasteiger partial charge < -0.3 is 0 Å². The number of amides is 1. The van der Waals surface area contributed by atoms with Crippen LogP contribution in [0.4, 0.5) is 0 Å². The Bertz CT molecular complexity index is 687. The van der Waals surface area contributed by atoms with Crippen molar-refractivity contribution in [1.82, 2.24) is 0 Å². The van der Waals surface area contributed by atoms with E-state index in [1.165, 1.54) is 0 Å². The van der Waals surface area contributed by atoms with Crippen molar-refractivity contribution in [3.8, 4) is 0 Å². The van der Waals surface area contributed by atoms with Crippen LogP contribution in [0.5, 0.6) is 0 Å². The minimum atomic E-state index is -0.0446. The number of rotatable bonds is 1. The van der Waals surface area contributed by atoms with Crippen LogP contribution in [0.1, 0.15) is 11.1 Å². The third kappa shape index (κ3) is 2.02. The van der Waals surface area contributed by atoms with Gasteiger partial charge in [-0.2, -0.15) is 0 Å². The fourth-order valence-corrected chi connectivity index (χ4v) is 2.02. The number of carbonyl (C=O) groups is 1. The van der Waals surface area contributed by atoms with Gasteiger partial charge in [-0.05, 0) is 34.6 Å². The molecule has 0 fully saturated rings. The van der Waals surface area contributed by atoms with Crippen molar-refractivity contribution in [2.45, 2.75) is 6.42 Å². The summed E-state index contributed by atoms with van der Waals surface area (Å²) in [6.45, 7) is 0. The van der Waals surface area contributed by atoms with E-state index < -0.39 is 0 Å². The molecule has 0 aromatic heterocycles. The highest BCUT2D eigenvalue weighted by molar-refractivity contribution is 5.82. The van der Waals surface area contributed by atoms with E-state index in [-0.39, 0.29) is 5.91 Å². The molecular formula is C15H11NO. The second kappa shape index (κ2) is 3.98. The Kier molecular flexibility index (Phi) is 2.33. The number of benzene rings is 2. The number of hydrogen-bond acceptors (Lipinski definition) is 1. The zero-order valence-electron chi connectivity index (χ0n) is 9.26. The van der Waals surface area contributed by atoms with Crippen LogP contribution >= 0.6 is 0 Å². The average Bonchev–Trinajstić information content (AvgIpc) is 2.70. The molecule has 0 atom stereocenters. The molecule has 0 spiro atoms. The molecule has 2 nitrogen and oxygen atoms in total. The minimum absolute atomic E-state index is 0.0446. The summed E-state index contributed by atoms with van der Waals surface area (Å²) >= 11 is 0. The van der Waals surface area contributed by atoms with Crippen LogP contribution in [0.2, 0.25) is 0 Å². The SMILES string of the molecule is O=C1Cc2cc(=Cc3ccccc3)ccc2=N1. The number of carbonyl (C=O) groups excluding carboxylic acids is 1. The molecule has 2 heteroatoms. The molecule has 3 rings (SSSR count). The normalized spacial score (nSPS) is 14.6. The van der Waals surface area contributed by atoms with Gasteiger partial charge in [0.25, 0.3) is 5.91 Å². The fourth-order valence-electron chi connectivity index (χ4n) is 2.02. The Hall–Kier alpha value is -2.22. The first-order chi connectivity index (χ1) is 8.31. The van der Waals surface area contributed by atoms with Crippen LogP contribution in [-0.4, -0.2) is 5.91 Å². The maximum atomic E-state index is 11.2. The first-order valence-corrected chi connectivity index (χ1v) is 5.58. The van der Waals surface area contributed by atoms with E-state index in [0.717, 1.165) is 21.7 Å². The molecule has 0 saturated heterocycles. The van der Waals surface area contributed by atoms with E-state index in [2.05, 4.69) is 23.2 Å². The third-order valence-corrected chi connectivity index (χ3v) is 2.82. The molecule has 0 unspecified atom stereocenters. The summed E-state index contributed by atoms with van der Waals surface area (Å²) in [5, 5.41) is 1.93. The summed E-state index contributed by atoms with van der Waals surface area (Å²) in [7, 11) is 0. The minimum Gasteiger partial charge on any atom is -0.272 e. The van der Waals surface area contributed by atoms with E-state index in [1.54, 1.807) is 0 Å². The molecule has 2 aromatic carbocycles. The summed E-state index contributed by atoms with van der Waals surface area (Å²) in [5.74, 6) is -0.0446. The zero-order chi connectivity index (χ0) is 11.7. The van der Waals surface area contributed by atoms with Crippen molar-refractivity contribution in [1.29, 1.82) is 0 Å². The second-order valence-corrected chi connectivity index (χ2v) is 4.13. The van der Waals surface area contributed by atoms with Gasteiger partial charge in [-0.25, -0.2) is 4.99 Å². The number of fused-ring (bicyclic) bond motifs is 1. The Labute approximate surface area is 98.9 Å². The molecule has 0 aliphatic carbocycles. The molecular weight excluding hydrogens is 210 g/mol. The van der Waals surface area contributed by atoms with Crippen LogP contribution in [0, 0.1) is 0 Å². The van der Waals surface area contributed by atoms with Crippen LogP contribution < -0.4 is 10.6 Å². The molecule has 1 heterocycles. The van der Waals surface area contributed by atoms with Gasteiger partial charge in [0.2, 0.25) is 0 Å². The zero-order valence-corrected chi connectivity index (χ0v) is 9.26.